The lowest BCUT2D eigenvalue weighted by molar-refractivity contribution is 0.0357. The Morgan fingerprint density at radius 3 is 2.07 bits per heavy atom. The summed E-state index contributed by atoms with van der Waals surface area (Å²) < 4.78 is 12.3. The second-order valence-electron chi connectivity index (χ2n) is 6.85. The Hall–Kier alpha value is -2.83. The molecule has 28 heavy (non-hydrogen) atoms. The fourth-order valence-electron chi connectivity index (χ4n) is 3.08. The van der Waals surface area contributed by atoms with E-state index in [0.29, 0.717) is 18.5 Å². The van der Waals surface area contributed by atoms with Gasteiger partial charge in [0.2, 0.25) is 0 Å². The molecule has 1 atom stereocenters. The van der Waals surface area contributed by atoms with Crippen LogP contribution in [0.2, 0.25) is 0 Å². The topological polar surface area (TPSA) is 76.7 Å². The highest BCUT2D eigenvalue weighted by atomic mass is 16.5. The molecule has 1 unspecified atom stereocenters. The molecule has 6 heteroatoms. The van der Waals surface area contributed by atoms with E-state index < -0.39 is 5.60 Å². The van der Waals surface area contributed by atoms with Crippen LogP contribution in [0.4, 0.5) is 0 Å². The van der Waals surface area contributed by atoms with Crippen molar-refractivity contribution in [1.82, 2.24) is 9.78 Å². The van der Waals surface area contributed by atoms with Gasteiger partial charge in [0.05, 0.1) is 31.3 Å². The molecule has 3 aromatic rings. The van der Waals surface area contributed by atoms with Gasteiger partial charge in [-0.1, -0.05) is 0 Å². The summed E-state index contributed by atoms with van der Waals surface area (Å²) in [5.41, 5.74) is 2.08. The molecule has 1 aromatic heterocycles. The van der Waals surface area contributed by atoms with Crippen molar-refractivity contribution >= 4 is 0 Å². The molecule has 0 amide bonds. The van der Waals surface area contributed by atoms with E-state index in [2.05, 4.69) is 0 Å². The Bertz CT molecular complexity index is 834. The van der Waals surface area contributed by atoms with Crippen LogP contribution in [-0.2, 0) is 5.60 Å². The largest absolute Gasteiger partial charge is 0.497 e. The highest BCUT2D eigenvalue weighted by molar-refractivity contribution is 5.64. The van der Waals surface area contributed by atoms with Crippen LogP contribution in [0.25, 0.3) is 16.9 Å². The SMILES string of the molecule is COc1ccc(-c2cc(C(C)(O)CCCO)nn2-c2ccc(OC)cc2)cc1. The minimum Gasteiger partial charge on any atom is -0.497 e. The fraction of sp³-hybridized carbons (Fsp3) is 0.318. The first-order chi connectivity index (χ1) is 13.5. The second kappa shape index (κ2) is 8.46. The van der Waals surface area contributed by atoms with Gasteiger partial charge in [0.1, 0.15) is 17.1 Å². The van der Waals surface area contributed by atoms with Crippen LogP contribution >= 0.6 is 0 Å². The quantitative estimate of drug-likeness (QED) is 0.623. The van der Waals surface area contributed by atoms with E-state index in [1.807, 2.05) is 59.3 Å². The molecule has 0 aliphatic rings. The van der Waals surface area contributed by atoms with Crippen LogP contribution in [0, 0.1) is 0 Å². The predicted molar refractivity (Wildman–Crippen MR) is 108 cm³/mol. The molecule has 0 fully saturated rings. The zero-order valence-corrected chi connectivity index (χ0v) is 16.4. The first-order valence-corrected chi connectivity index (χ1v) is 9.21. The van der Waals surface area contributed by atoms with E-state index in [0.717, 1.165) is 28.4 Å². The van der Waals surface area contributed by atoms with Crippen molar-refractivity contribution in [3.8, 4) is 28.4 Å². The van der Waals surface area contributed by atoms with Gasteiger partial charge in [-0.15, -0.1) is 0 Å². The molecule has 0 radical (unpaired) electrons. The Morgan fingerprint density at radius 2 is 1.54 bits per heavy atom. The summed E-state index contributed by atoms with van der Waals surface area (Å²) in [5, 5.41) is 24.7. The molecule has 0 aliphatic carbocycles. The molecule has 3 rings (SSSR count). The van der Waals surface area contributed by atoms with E-state index in [1.54, 1.807) is 21.1 Å². The van der Waals surface area contributed by atoms with E-state index >= 15 is 0 Å². The van der Waals surface area contributed by atoms with Gasteiger partial charge >= 0.3 is 0 Å². The van der Waals surface area contributed by atoms with Gasteiger partial charge in [0.25, 0.3) is 0 Å². The third-order valence-corrected chi connectivity index (χ3v) is 4.79. The summed E-state index contributed by atoms with van der Waals surface area (Å²) in [6, 6.07) is 17.2. The average Bonchev–Trinajstić information content (AvgIpc) is 3.19. The van der Waals surface area contributed by atoms with Crippen LogP contribution in [0.5, 0.6) is 11.5 Å². The summed E-state index contributed by atoms with van der Waals surface area (Å²) in [5.74, 6) is 1.53. The molecule has 2 N–H and O–H groups in total. The van der Waals surface area contributed by atoms with Crippen molar-refractivity contribution in [2.75, 3.05) is 20.8 Å². The highest BCUT2D eigenvalue weighted by Crippen LogP contribution is 2.32. The molecule has 0 aliphatic heterocycles. The van der Waals surface area contributed by atoms with Gasteiger partial charge in [-0.2, -0.15) is 5.10 Å². The summed E-state index contributed by atoms with van der Waals surface area (Å²) in [6.45, 7) is 1.75. The lowest BCUT2D eigenvalue weighted by Gasteiger charge is -2.20. The number of hydrogen-bond donors (Lipinski definition) is 2. The Kier molecular flexibility index (Phi) is 6.02. The Labute approximate surface area is 165 Å². The van der Waals surface area contributed by atoms with E-state index in [1.165, 1.54) is 0 Å². The molecule has 1 heterocycles. The van der Waals surface area contributed by atoms with Gasteiger partial charge in [0, 0.05) is 12.2 Å². The number of nitrogens with zero attached hydrogens (tertiary/aromatic N) is 2. The Balaban J connectivity index is 2.08. The lowest BCUT2D eigenvalue weighted by Crippen LogP contribution is -2.22. The van der Waals surface area contributed by atoms with Gasteiger partial charge in [-0.25, -0.2) is 4.68 Å². The molecular weight excluding hydrogens is 356 g/mol. The van der Waals surface area contributed by atoms with Crippen molar-refractivity contribution < 1.29 is 19.7 Å². The standard InChI is InChI=1S/C22H26N2O4/c1-22(26,13-4-14-25)21-15-20(16-5-9-18(27-2)10-6-16)24(23-21)17-7-11-19(28-3)12-8-17/h5-12,15,25-26H,4,13-14H2,1-3H3. The third kappa shape index (κ3) is 4.18. The highest BCUT2D eigenvalue weighted by Gasteiger charge is 2.27. The number of ether oxygens (including phenoxy) is 2. The maximum absolute atomic E-state index is 10.9. The smallest absolute Gasteiger partial charge is 0.119 e. The molecular formula is C22H26N2O4. The van der Waals surface area contributed by atoms with Crippen LogP contribution in [0.1, 0.15) is 25.5 Å². The number of aromatic nitrogens is 2. The first-order valence-electron chi connectivity index (χ1n) is 9.21. The van der Waals surface area contributed by atoms with Gasteiger partial charge in [-0.05, 0) is 74.4 Å². The van der Waals surface area contributed by atoms with Crippen LogP contribution < -0.4 is 9.47 Å². The van der Waals surface area contributed by atoms with Crippen molar-refractivity contribution in [3.05, 3.63) is 60.3 Å². The van der Waals surface area contributed by atoms with Crippen LogP contribution in [-0.4, -0.2) is 40.8 Å². The maximum atomic E-state index is 10.9. The number of benzene rings is 2. The molecule has 0 saturated carbocycles. The molecule has 2 aromatic carbocycles. The monoisotopic (exact) mass is 382 g/mol. The van der Waals surface area contributed by atoms with Gasteiger partial charge < -0.3 is 19.7 Å². The number of aliphatic hydroxyl groups is 2. The third-order valence-electron chi connectivity index (χ3n) is 4.79. The minimum absolute atomic E-state index is 0.0284. The summed E-state index contributed by atoms with van der Waals surface area (Å²) in [4.78, 5) is 0. The molecule has 0 bridgehead atoms. The van der Waals surface area contributed by atoms with Gasteiger partial charge in [0.15, 0.2) is 0 Å². The fourth-order valence-corrected chi connectivity index (χ4v) is 3.08. The number of methoxy groups -OCH3 is 2. The van der Waals surface area contributed by atoms with Crippen LogP contribution in [0.15, 0.2) is 54.6 Å². The normalized spacial score (nSPS) is 13.2. The van der Waals surface area contributed by atoms with E-state index in [4.69, 9.17) is 19.7 Å². The zero-order valence-electron chi connectivity index (χ0n) is 16.4. The zero-order chi connectivity index (χ0) is 20.1. The Morgan fingerprint density at radius 1 is 0.964 bits per heavy atom. The predicted octanol–water partition coefficient (Wildman–Crippen LogP) is 3.54. The number of hydrogen-bond acceptors (Lipinski definition) is 5. The van der Waals surface area contributed by atoms with Crippen molar-refractivity contribution in [1.29, 1.82) is 0 Å². The van der Waals surface area contributed by atoms with Crippen LogP contribution in [0.3, 0.4) is 0 Å². The maximum Gasteiger partial charge on any atom is 0.119 e. The number of rotatable bonds is 8. The molecule has 6 nitrogen and oxygen atoms in total. The molecule has 148 valence electrons. The first kappa shape index (κ1) is 19.9. The second-order valence-corrected chi connectivity index (χ2v) is 6.85. The van der Waals surface area contributed by atoms with Crippen molar-refractivity contribution in [3.63, 3.8) is 0 Å². The minimum atomic E-state index is -1.14. The summed E-state index contributed by atoms with van der Waals surface area (Å²) in [7, 11) is 3.26. The summed E-state index contributed by atoms with van der Waals surface area (Å²) >= 11 is 0. The molecule has 0 spiro atoms. The average molecular weight is 382 g/mol. The molecule has 0 saturated heterocycles. The van der Waals surface area contributed by atoms with Gasteiger partial charge in [-0.3, -0.25) is 0 Å². The lowest BCUT2D eigenvalue weighted by atomic mass is 9.96. The van der Waals surface area contributed by atoms with Crippen molar-refractivity contribution in [2.24, 2.45) is 0 Å². The van der Waals surface area contributed by atoms with Crippen molar-refractivity contribution in [2.45, 2.75) is 25.4 Å². The van der Waals surface area contributed by atoms with E-state index in [-0.39, 0.29) is 6.61 Å². The number of aliphatic hydroxyl groups excluding tert-OH is 1. The van der Waals surface area contributed by atoms with E-state index in [9.17, 15) is 5.11 Å². The summed E-state index contributed by atoms with van der Waals surface area (Å²) in [6.07, 6.45) is 0.922.